The number of aromatic nitrogens is 4. The second-order valence-electron chi connectivity index (χ2n) is 3.91. The molecule has 6 nitrogen and oxygen atoms in total. The van der Waals surface area contributed by atoms with E-state index in [4.69, 9.17) is 9.47 Å². The van der Waals surface area contributed by atoms with Crippen molar-refractivity contribution in [3.8, 4) is 22.9 Å². The monoisotopic (exact) mass is 240 g/mol. The van der Waals surface area contributed by atoms with Gasteiger partial charge < -0.3 is 14.5 Å². The lowest BCUT2D eigenvalue weighted by Crippen LogP contribution is -1.92. The van der Waals surface area contributed by atoms with Gasteiger partial charge in [0, 0.05) is 5.56 Å². The molecule has 4 rings (SSSR count). The van der Waals surface area contributed by atoms with Crippen LogP contribution in [0, 0.1) is 0 Å². The van der Waals surface area contributed by atoms with Gasteiger partial charge in [-0.3, -0.25) is 0 Å². The van der Waals surface area contributed by atoms with Crippen LogP contribution in [-0.4, -0.2) is 26.7 Å². The Bertz CT molecular complexity index is 705. The molecule has 0 spiro atoms. The minimum Gasteiger partial charge on any atom is -0.454 e. The molecule has 0 atom stereocenters. The van der Waals surface area contributed by atoms with Crippen molar-refractivity contribution < 1.29 is 9.47 Å². The highest BCUT2D eigenvalue weighted by atomic mass is 16.7. The normalized spacial score (nSPS) is 13.1. The molecule has 0 saturated carbocycles. The van der Waals surface area contributed by atoms with Crippen LogP contribution in [0.1, 0.15) is 0 Å². The highest BCUT2D eigenvalue weighted by molar-refractivity contribution is 5.75. The Kier molecular flexibility index (Phi) is 1.79. The number of fused-ring (bicyclic) bond motifs is 2. The first-order valence-electron chi connectivity index (χ1n) is 5.46. The van der Waals surface area contributed by atoms with Crippen molar-refractivity contribution in [3.63, 3.8) is 0 Å². The predicted molar refractivity (Wildman–Crippen MR) is 63.2 cm³/mol. The fourth-order valence-electron chi connectivity index (χ4n) is 1.94. The summed E-state index contributed by atoms with van der Waals surface area (Å²) >= 11 is 0. The second-order valence-corrected chi connectivity index (χ2v) is 3.91. The lowest BCUT2D eigenvalue weighted by molar-refractivity contribution is 0.174. The van der Waals surface area contributed by atoms with Gasteiger partial charge in [-0.25, -0.2) is 15.0 Å². The van der Waals surface area contributed by atoms with E-state index < -0.39 is 0 Å². The minimum absolute atomic E-state index is 0.268. The first-order chi connectivity index (χ1) is 8.90. The molecule has 0 bridgehead atoms. The largest absolute Gasteiger partial charge is 0.454 e. The zero-order valence-electron chi connectivity index (χ0n) is 9.25. The van der Waals surface area contributed by atoms with E-state index in [1.165, 1.54) is 6.33 Å². The van der Waals surface area contributed by atoms with Crippen LogP contribution in [0.4, 0.5) is 0 Å². The van der Waals surface area contributed by atoms with Crippen LogP contribution >= 0.6 is 0 Å². The standard InChI is InChI=1S/C12H8N4O2/c1-2-9-10(18-6-17-9)3-7(1)11-15-8-4-13-5-14-12(8)16-11/h1-5H,6H2,(H,13,14,15,16). The number of nitrogens with one attached hydrogen (secondary N) is 1. The summed E-state index contributed by atoms with van der Waals surface area (Å²) in [7, 11) is 0. The first kappa shape index (κ1) is 9.41. The van der Waals surface area contributed by atoms with Crippen LogP contribution in [0.2, 0.25) is 0 Å². The average Bonchev–Trinajstić information content (AvgIpc) is 3.04. The van der Waals surface area contributed by atoms with Gasteiger partial charge >= 0.3 is 0 Å². The summed E-state index contributed by atoms with van der Waals surface area (Å²) in [4.78, 5) is 15.6. The molecular weight excluding hydrogens is 232 g/mol. The number of nitrogens with zero attached hydrogens (tertiary/aromatic N) is 3. The molecule has 0 aliphatic carbocycles. The quantitative estimate of drug-likeness (QED) is 0.701. The van der Waals surface area contributed by atoms with Crippen molar-refractivity contribution in [2.45, 2.75) is 0 Å². The van der Waals surface area contributed by atoms with Crippen molar-refractivity contribution in [2.24, 2.45) is 0 Å². The van der Waals surface area contributed by atoms with Crippen molar-refractivity contribution in [1.82, 2.24) is 19.9 Å². The fourth-order valence-corrected chi connectivity index (χ4v) is 1.94. The van der Waals surface area contributed by atoms with Gasteiger partial charge in [0.2, 0.25) is 6.79 Å². The van der Waals surface area contributed by atoms with Gasteiger partial charge in [0.05, 0.1) is 6.20 Å². The lowest BCUT2D eigenvalue weighted by atomic mass is 10.2. The second kappa shape index (κ2) is 3.43. The van der Waals surface area contributed by atoms with E-state index in [-0.39, 0.29) is 6.79 Å². The predicted octanol–water partition coefficient (Wildman–Crippen LogP) is 1.75. The third-order valence-corrected chi connectivity index (χ3v) is 2.81. The van der Waals surface area contributed by atoms with Gasteiger partial charge in [0.15, 0.2) is 17.1 Å². The molecule has 2 aromatic heterocycles. The Balaban J connectivity index is 1.86. The maximum atomic E-state index is 5.34. The van der Waals surface area contributed by atoms with Crippen LogP contribution in [-0.2, 0) is 0 Å². The lowest BCUT2D eigenvalue weighted by Gasteiger charge is -1.98. The maximum Gasteiger partial charge on any atom is 0.231 e. The van der Waals surface area contributed by atoms with E-state index in [1.807, 2.05) is 18.2 Å². The van der Waals surface area contributed by atoms with E-state index in [0.717, 1.165) is 28.4 Å². The summed E-state index contributed by atoms with van der Waals surface area (Å²) in [5.74, 6) is 2.23. The Hall–Kier alpha value is -2.63. The van der Waals surface area contributed by atoms with E-state index in [2.05, 4.69) is 19.9 Å². The molecule has 0 radical (unpaired) electrons. The van der Waals surface area contributed by atoms with E-state index in [0.29, 0.717) is 5.65 Å². The summed E-state index contributed by atoms with van der Waals surface area (Å²) in [6.07, 6.45) is 3.18. The van der Waals surface area contributed by atoms with Crippen molar-refractivity contribution in [2.75, 3.05) is 6.79 Å². The van der Waals surface area contributed by atoms with Gasteiger partial charge in [-0.2, -0.15) is 0 Å². The van der Waals surface area contributed by atoms with Crippen LogP contribution in [0.25, 0.3) is 22.6 Å². The summed E-state index contributed by atoms with van der Waals surface area (Å²) in [6, 6.07) is 5.70. The van der Waals surface area contributed by atoms with Crippen LogP contribution in [0.3, 0.4) is 0 Å². The first-order valence-corrected chi connectivity index (χ1v) is 5.46. The zero-order chi connectivity index (χ0) is 11.9. The van der Waals surface area contributed by atoms with Crippen molar-refractivity contribution in [1.29, 1.82) is 0 Å². The van der Waals surface area contributed by atoms with E-state index in [9.17, 15) is 0 Å². The van der Waals surface area contributed by atoms with E-state index >= 15 is 0 Å². The Morgan fingerprint density at radius 1 is 1.17 bits per heavy atom. The molecular formula is C12H8N4O2. The SMILES string of the molecule is c1ncc2[nH]c(-c3ccc4c(c3)OCO4)nc2n1. The summed E-state index contributed by atoms with van der Waals surface area (Å²) in [6.45, 7) is 0.268. The van der Waals surface area contributed by atoms with Crippen LogP contribution in [0.5, 0.6) is 11.5 Å². The van der Waals surface area contributed by atoms with Crippen LogP contribution < -0.4 is 9.47 Å². The smallest absolute Gasteiger partial charge is 0.231 e. The van der Waals surface area contributed by atoms with Gasteiger partial charge in [-0.15, -0.1) is 0 Å². The zero-order valence-corrected chi connectivity index (χ0v) is 9.25. The maximum absolute atomic E-state index is 5.34. The van der Waals surface area contributed by atoms with Gasteiger partial charge in [-0.1, -0.05) is 0 Å². The molecule has 18 heavy (non-hydrogen) atoms. The van der Waals surface area contributed by atoms with Gasteiger partial charge in [0.1, 0.15) is 17.7 Å². The topological polar surface area (TPSA) is 72.9 Å². The van der Waals surface area contributed by atoms with Crippen molar-refractivity contribution >= 4 is 11.2 Å². The summed E-state index contributed by atoms with van der Waals surface area (Å²) in [5, 5.41) is 0. The molecule has 1 aromatic carbocycles. The number of aromatic amines is 1. The molecule has 0 unspecified atom stereocenters. The highest BCUT2D eigenvalue weighted by Gasteiger charge is 2.15. The molecule has 1 N–H and O–H groups in total. The highest BCUT2D eigenvalue weighted by Crippen LogP contribution is 2.35. The van der Waals surface area contributed by atoms with Crippen LogP contribution in [0.15, 0.2) is 30.7 Å². The Morgan fingerprint density at radius 2 is 2.11 bits per heavy atom. The van der Waals surface area contributed by atoms with Crippen molar-refractivity contribution in [3.05, 3.63) is 30.7 Å². The average molecular weight is 240 g/mol. The van der Waals surface area contributed by atoms with Gasteiger partial charge in [-0.05, 0) is 18.2 Å². The molecule has 0 fully saturated rings. The molecule has 6 heteroatoms. The molecule has 3 heterocycles. The number of rotatable bonds is 1. The molecule has 1 aliphatic heterocycles. The van der Waals surface area contributed by atoms with Gasteiger partial charge in [0.25, 0.3) is 0 Å². The number of hydrogen-bond acceptors (Lipinski definition) is 5. The number of hydrogen-bond donors (Lipinski definition) is 1. The van der Waals surface area contributed by atoms with E-state index in [1.54, 1.807) is 6.20 Å². The fraction of sp³-hybridized carbons (Fsp3) is 0.0833. The summed E-state index contributed by atoms with van der Waals surface area (Å²) in [5.41, 5.74) is 2.39. The number of H-pyrrole nitrogens is 1. The summed E-state index contributed by atoms with van der Waals surface area (Å²) < 4.78 is 10.6. The third kappa shape index (κ3) is 1.32. The number of benzene rings is 1. The Labute approximate surface area is 102 Å². The Morgan fingerprint density at radius 3 is 3.06 bits per heavy atom. The number of imidazole rings is 1. The number of ether oxygens (including phenoxy) is 2. The molecule has 3 aromatic rings. The third-order valence-electron chi connectivity index (χ3n) is 2.81. The molecule has 0 saturated heterocycles. The molecule has 0 amide bonds. The molecule has 88 valence electrons. The molecule has 1 aliphatic rings. The minimum atomic E-state index is 0.268.